The maximum Gasteiger partial charge on any atom is 0.228 e. The average molecular weight is 382 g/mol. The van der Waals surface area contributed by atoms with Gasteiger partial charge in [0.25, 0.3) is 0 Å². The molecule has 1 saturated heterocycles. The molecule has 140 valence electrons. The molecule has 0 amide bonds. The molecule has 0 spiro atoms. The SMILES string of the molecule is CCc1nc(C)c(-c2ccnc(Nc3ccc(N4CCNCC4)cn3)n2)s1. The van der Waals surface area contributed by atoms with E-state index in [2.05, 4.69) is 48.5 Å². The van der Waals surface area contributed by atoms with Crippen LogP contribution in [0, 0.1) is 6.92 Å². The van der Waals surface area contributed by atoms with Gasteiger partial charge in [-0.25, -0.2) is 19.9 Å². The highest BCUT2D eigenvalue weighted by Gasteiger charge is 2.13. The van der Waals surface area contributed by atoms with Crippen LogP contribution in [0.2, 0.25) is 0 Å². The van der Waals surface area contributed by atoms with Crippen LogP contribution >= 0.6 is 11.3 Å². The van der Waals surface area contributed by atoms with E-state index < -0.39 is 0 Å². The third-order valence-electron chi connectivity index (χ3n) is 4.50. The van der Waals surface area contributed by atoms with Crippen molar-refractivity contribution in [1.29, 1.82) is 0 Å². The molecule has 3 aromatic rings. The lowest BCUT2D eigenvalue weighted by molar-refractivity contribution is 0.589. The van der Waals surface area contributed by atoms with Crippen molar-refractivity contribution in [3.8, 4) is 10.6 Å². The van der Waals surface area contributed by atoms with Gasteiger partial charge >= 0.3 is 0 Å². The second kappa shape index (κ2) is 7.98. The van der Waals surface area contributed by atoms with Gasteiger partial charge in [-0.1, -0.05) is 6.92 Å². The van der Waals surface area contributed by atoms with Gasteiger partial charge in [-0.2, -0.15) is 0 Å². The summed E-state index contributed by atoms with van der Waals surface area (Å²) in [6.07, 6.45) is 4.61. The van der Waals surface area contributed by atoms with Crippen LogP contribution in [-0.2, 0) is 6.42 Å². The average Bonchev–Trinajstić information content (AvgIpc) is 3.10. The standard InChI is InChI=1S/C19H23N7S/c1-3-17-23-13(2)18(27-17)15-6-7-21-19(24-15)25-16-5-4-14(12-22-16)26-10-8-20-9-11-26/h4-7,12,20H,3,8-11H2,1-2H3,(H,21,22,24,25). The van der Waals surface area contributed by atoms with Crippen LogP contribution in [0.5, 0.6) is 0 Å². The van der Waals surface area contributed by atoms with E-state index in [1.165, 1.54) is 0 Å². The number of rotatable bonds is 5. The molecule has 0 bridgehead atoms. The Bertz CT molecular complexity index is 901. The molecular formula is C19H23N7S. The van der Waals surface area contributed by atoms with Crippen molar-refractivity contribution in [3.05, 3.63) is 41.3 Å². The highest BCUT2D eigenvalue weighted by atomic mass is 32.1. The van der Waals surface area contributed by atoms with Crippen LogP contribution in [0.3, 0.4) is 0 Å². The van der Waals surface area contributed by atoms with Crippen LogP contribution in [0.15, 0.2) is 30.6 Å². The quantitative estimate of drug-likeness (QED) is 0.703. The molecule has 2 N–H and O–H groups in total. The van der Waals surface area contributed by atoms with E-state index in [1.54, 1.807) is 17.5 Å². The smallest absolute Gasteiger partial charge is 0.228 e. The minimum Gasteiger partial charge on any atom is -0.368 e. The third kappa shape index (κ3) is 4.06. The van der Waals surface area contributed by atoms with Crippen LogP contribution in [0.4, 0.5) is 17.5 Å². The lowest BCUT2D eigenvalue weighted by Crippen LogP contribution is -2.43. The number of hydrogen-bond acceptors (Lipinski definition) is 8. The minimum atomic E-state index is 0.542. The largest absolute Gasteiger partial charge is 0.368 e. The summed E-state index contributed by atoms with van der Waals surface area (Å²) in [6, 6.07) is 5.98. The Morgan fingerprint density at radius 3 is 2.70 bits per heavy atom. The Labute approximate surface area is 162 Å². The van der Waals surface area contributed by atoms with Gasteiger partial charge in [-0.3, -0.25) is 0 Å². The molecule has 0 aliphatic carbocycles. The summed E-state index contributed by atoms with van der Waals surface area (Å²) in [6.45, 7) is 8.18. The van der Waals surface area contributed by atoms with Crippen molar-refractivity contribution >= 4 is 28.8 Å². The van der Waals surface area contributed by atoms with Gasteiger partial charge in [0.1, 0.15) is 5.82 Å². The molecule has 4 heterocycles. The second-order valence-corrected chi connectivity index (χ2v) is 7.49. The van der Waals surface area contributed by atoms with Gasteiger partial charge < -0.3 is 15.5 Å². The number of pyridine rings is 1. The van der Waals surface area contributed by atoms with E-state index in [0.717, 1.165) is 65.4 Å². The molecule has 0 saturated carbocycles. The van der Waals surface area contributed by atoms with E-state index in [1.807, 2.05) is 25.3 Å². The Morgan fingerprint density at radius 2 is 2.00 bits per heavy atom. The predicted octanol–water partition coefficient (Wildman–Crippen LogP) is 3.02. The summed E-state index contributed by atoms with van der Waals surface area (Å²) in [5.74, 6) is 1.28. The van der Waals surface area contributed by atoms with E-state index in [9.17, 15) is 0 Å². The molecule has 0 atom stereocenters. The molecule has 4 rings (SSSR count). The molecule has 8 heteroatoms. The Morgan fingerprint density at radius 1 is 1.15 bits per heavy atom. The summed E-state index contributed by atoms with van der Waals surface area (Å²) < 4.78 is 0. The van der Waals surface area contributed by atoms with E-state index >= 15 is 0 Å². The van der Waals surface area contributed by atoms with Crippen molar-refractivity contribution in [3.63, 3.8) is 0 Å². The summed E-state index contributed by atoms with van der Waals surface area (Å²) in [5, 5.41) is 7.69. The number of thiazole rings is 1. The van der Waals surface area contributed by atoms with Gasteiger partial charge in [0.15, 0.2) is 0 Å². The number of nitrogens with zero attached hydrogens (tertiary/aromatic N) is 5. The molecule has 7 nitrogen and oxygen atoms in total. The molecule has 0 radical (unpaired) electrons. The molecule has 0 unspecified atom stereocenters. The van der Waals surface area contributed by atoms with E-state index in [0.29, 0.717) is 5.95 Å². The summed E-state index contributed by atoms with van der Waals surface area (Å²) >= 11 is 1.69. The first kappa shape index (κ1) is 17.8. The molecule has 1 aliphatic heterocycles. The Hall–Kier alpha value is -2.58. The van der Waals surface area contributed by atoms with Crippen molar-refractivity contribution in [2.45, 2.75) is 20.3 Å². The van der Waals surface area contributed by atoms with Crippen molar-refractivity contribution < 1.29 is 0 Å². The number of hydrogen-bond donors (Lipinski definition) is 2. The molecule has 1 fully saturated rings. The molecule has 27 heavy (non-hydrogen) atoms. The number of aromatic nitrogens is 4. The number of nitrogens with one attached hydrogen (secondary N) is 2. The molecular weight excluding hydrogens is 358 g/mol. The first-order valence-electron chi connectivity index (χ1n) is 9.21. The first-order chi connectivity index (χ1) is 13.2. The molecule has 3 aromatic heterocycles. The van der Waals surface area contributed by atoms with E-state index in [-0.39, 0.29) is 0 Å². The Kier molecular flexibility index (Phi) is 5.26. The third-order valence-corrected chi connectivity index (χ3v) is 5.83. The lowest BCUT2D eigenvalue weighted by atomic mass is 10.3. The number of piperazine rings is 1. The van der Waals surface area contributed by atoms with Crippen LogP contribution in [0.25, 0.3) is 10.6 Å². The van der Waals surface area contributed by atoms with Gasteiger partial charge in [-0.15, -0.1) is 11.3 Å². The zero-order valence-corrected chi connectivity index (χ0v) is 16.4. The Balaban J connectivity index is 1.50. The van der Waals surface area contributed by atoms with Crippen molar-refractivity contribution in [1.82, 2.24) is 25.3 Å². The van der Waals surface area contributed by atoms with Crippen molar-refractivity contribution in [2.75, 3.05) is 36.4 Å². The van der Waals surface area contributed by atoms with Crippen LogP contribution in [-0.4, -0.2) is 46.1 Å². The molecule has 0 aromatic carbocycles. The van der Waals surface area contributed by atoms with Gasteiger partial charge in [0.2, 0.25) is 5.95 Å². The molecule has 1 aliphatic rings. The van der Waals surface area contributed by atoms with Gasteiger partial charge in [0.05, 0.1) is 33.2 Å². The normalized spacial score (nSPS) is 14.4. The first-order valence-corrected chi connectivity index (χ1v) is 10.0. The fourth-order valence-corrected chi connectivity index (χ4v) is 4.05. The fourth-order valence-electron chi connectivity index (χ4n) is 3.07. The number of aryl methyl sites for hydroxylation is 2. The zero-order chi connectivity index (χ0) is 18.6. The minimum absolute atomic E-state index is 0.542. The van der Waals surface area contributed by atoms with E-state index in [4.69, 9.17) is 0 Å². The summed E-state index contributed by atoms with van der Waals surface area (Å²) in [4.78, 5) is 21.5. The van der Waals surface area contributed by atoms with Crippen LogP contribution < -0.4 is 15.5 Å². The van der Waals surface area contributed by atoms with Gasteiger partial charge in [-0.05, 0) is 31.5 Å². The van der Waals surface area contributed by atoms with Gasteiger partial charge in [0, 0.05) is 32.4 Å². The highest BCUT2D eigenvalue weighted by Crippen LogP contribution is 2.29. The van der Waals surface area contributed by atoms with Crippen molar-refractivity contribution in [2.24, 2.45) is 0 Å². The maximum atomic E-state index is 4.65. The second-order valence-electron chi connectivity index (χ2n) is 6.40. The topological polar surface area (TPSA) is 78.9 Å². The van der Waals surface area contributed by atoms with Crippen LogP contribution in [0.1, 0.15) is 17.6 Å². The predicted molar refractivity (Wildman–Crippen MR) is 110 cm³/mol. The monoisotopic (exact) mass is 381 g/mol. The maximum absolute atomic E-state index is 4.65. The summed E-state index contributed by atoms with van der Waals surface area (Å²) in [5.41, 5.74) is 3.05. The fraction of sp³-hybridized carbons (Fsp3) is 0.368. The number of anilines is 3. The highest BCUT2D eigenvalue weighted by molar-refractivity contribution is 7.15. The lowest BCUT2D eigenvalue weighted by Gasteiger charge is -2.29. The summed E-state index contributed by atoms with van der Waals surface area (Å²) in [7, 11) is 0. The zero-order valence-electron chi connectivity index (χ0n) is 15.6.